The number of nitro benzene ring substituents is 1. The van der Waals surface area contributed by atoms with Crippen LogP contribution in [0.15, 0.2) is 80.8 Å². The van der Waals surface area contributed by atoms with E-state index in [1.165, 1.54) is 12.1 Å². The van der Waals surface area contributed by atoms with Crippen molar-refractivity contribution in [1.29, 1.82) is 0 Å². The number of carbonyl (C=O) groups is 1. The van der Waals surface area contributed by atoms with E-state index in [4.69, 9.17) is 4.74 Å². The predicted octanol–water partition coefficient (Wildman–Crippen LogP) is 5.39. The van der Waals surface area contributed by atoms with E-state index in [1.54, 1.807) is 30.5 Å². The molecule has 1 N–H and O–H groups in total. The third kappa shape index (κ3) is 7.01. The minimum Gasteiger partial charge on any atom is -0.488 e. The van der Waals surface area contributed by atoms with Crippen molar-refractivity contribution < 1.29 is 14.5 Å². The van der Waals surface area contributed by atoms with Crippen molar-refractivity contribution in [2.45, 2.75) is 13.0 Å². The highest BCUT2D eigenvalue weighted by atomic mass is 79.9. The monoisotopic (exact) mass is 545 g/mol. The largest absolute Gasteiger partial charge is 0.488 e. The first-order chi connectivity index (χ1) is 14.9. The van der Waals surface area contributed by atoms with Crippen LogP contribution in [0.3, 0.4) is 0 Å². The number of nitro groups is 1. The minimum absolute atomic E-state index is 0.0394. The van der Waals surface area contributed by atoms with Crippen molar-refractivity contribution in [3.05, 3.63) is 102 Å². The molecule has 0 aliphatic heterocycles. The van der Waals surface area contributed by atoms with E-state index in [0.717, 1.165) is 25.6 Å². The fourth-order valence-electron chi connectivity index (χ4n) is 2.60. The number of nitrogens with one attached hydrogen (secondary N) is 1. The topological polar surface area (TPSA) is 93.8 Å². The summed E-state index contributed by atoms with van der Waals surface area (Å²) in [5.41, 5.74) is 5.04. The van der Waals surface area contributed by atoms with E-state index >= 15 is 0 Å². The van der Waals surface area contributed by atoms with Gasteiger partial charge in [-0.25, -0.2) is 5.43 Å². The van der Waals surface area contributed by atoms with Gasteiger partial charge in [-0.1, -0.05) is 28.1 Å². The van der Waals surface area contributed by atoms with Gasteiger partial charge in [-0.15, -0.1) is 0 Å². The van der Waals surface area contributed by atoms with Gasteiger partial charge in [0.2, 0.25) is 5.91 Å². The third-order valence-corrected chi connectivity index (χ3v) is 5.33. The summed E-state index contributed by atoms with van der Waals surface area (Å²) in [5, 5.41) is 14.7. The lowest BCUT2D eigenvalue weighted by molar-refractivity contribution is -0.384. The molecule has 0 spiro atoms. The molecule has 0 bridgehead atoms. The maximum Gasteiger partial charge on any atom is 0.269 e. The first-order valence-electron chi connectivity index (χ1n) is 9.13. The molecule has 0 unspecified atom stereocenters. The van der Waals surface area contributed by atoms with Gasteiger partial charge in [-0.3, -0.25) is 14.9 Å². The lowest BCUT2D eigenvalue weighted by Crippen LogP contribution is -2.19. The number of hydrazone groups is 1. The van der Waals surface area contributed by atoms with Gasteiger partial charge in [0.1, 0.15) is 12.4 Å². The van der Waals surface area contributed by atoms with Crippen LogP contribution < -0.4 is 10.2 Å². The Morgan fingerprint density at radius 1 is 1.03 bits per heavy atom. The summed E-state index contributed by atoms with van der Waals surface area (Å²) in [5.74, 6) is 0.412. The summed E-state index contributed by atoms with van der Waals surface area (Å²) in [6, 6.07) is 19.1. The smallest absolute Gasteiger partial charge is 0.269 e. The molecule has 3 aromatic rings. The number of rotatable bonds is 8. The Labute approximate surface area is 195 Å². The Balaban J connectivity index is 1.51. The summed E-state index contributed by atoms with van der Waals surface area (Å²) < 4.78 is 7.44. The molecule has 1 amide bonds. The summed E-state index contributed by atoms with van der Waals surface area (Å²) in [4.78, 5) is 22.3. The molecule has 3 rings (SSSR count). The average molecular weight is 547 g/mol. The molecular formula is C22H17Br2N3O4. The second kappa shape index (κ2) is 10.8. The Morgan fingerprint density at radius 3 is 2.35 bits per heavy atom. The van der Waals surface area contributed by atoms with Crippen LogP contribution in [0.25, 0.3) is 0 Å². The molecular weight excluding hydrogens is 530 g/mol. The van der Waals surface area contributed by atoms with Crippen molar-refractivity contribution in [2.75, 3.05) is 0 Å². The Morgan fingerprint density at radius 2 is 1.71 bits per heavy atom. The molecule has 0 fully saturated rings. The normalized spacial score (nSPS) is 10.8. The number of non-ortho nitro benzene ring substituents is 1. The van der Waals surface area contributed by atoms with Crippen LogP contribution in [0.1, 0.15) is 16.7 Å². The molecule has 0 aliphatic rings. The van der Waals surface area contributed by atoms with Gasteiger partial charge in [0.25, 0.3) is 5.69 Å². The highest BCUT2D eigenvalue weighted by molar-refractivity contribution is 9.10. The van der Waals surface area contributed by atoms with Gasteiger partial charge in [0.15, 0.2) is 0 Å². The Kier molecular flexibility index (Phi) is 7.91. The maximum atomic E-state index is 12.0. The SMILES string of the molecule is O=C(Cc1ccc(Br)cc1)N/N=C\c1ccc(OCc2ccc([N+](=O)[O-])cc2)c(Br)c1. The number of halogens is 2. The molecule has 31 heavy (non-hydrogen) atoms. The van der Waals surface area contributed by atoms with Crippen molar-refractivity contribution in [2.24, 2.45) is 5.10 Å². The predicted molar refractivity (Wildman–Crippen MR) is 125 cm³/mol. The number of carbonyl (C=O) groups excluding carboxylic acids is 1. The molecule has 0 aliphatic carbocycles. The summed E-state index contributed by atoms with van der Waals surface area (Å²) in [6.07, 6.45) is 1.79. The second-order valence-corrected chi connectivity index (χ2v) is 8.27. The zero-order chi connectivity index (χ0) is 22.2. The van der Waals surface area contributed by atoms with Crippen LogP contribution >= 0.6 is 31.9 Å². The molecule has 7 nitrogen and oxygen atoms in total. The van der Waals surface area contributed by atoms with Crippen molar-refractivity contribution in [3.63, 3.8) is 0 Å². The van der Waals surface area contributed by atoms with Crippen LogP contribution in [0, 0.1) is 10.1 Å². The number of benzene rings is 3. The van der Waals surface area contributed by atoms with Crippen LogP contribution in [-0.2, 0) is 17.8 Å². The molecule has 0 atom stereocenters. The fraction of sp³-hybridized carbons (Fsp3) is 0.0909. The zero-order valence-electron chi connectivity index (χ0n) is 16.1. The molecule has 0 saturated carbocycles. The van der Waals surface area contributed by atoms with Gasteiger partial charge in [-0.2, -0.15) is 5.10 Å². The number of nitrogens with zero attached hydrogens (tertiary/aromatic N) is 2. The molecule has 0 saturated heterocycles. The maximum absolute atomic E-state index is 12.0. The van der Waals surface area contributed by atoms with E-state index in [0.29, 0.717) is 5.75 Å². The molecule has 0 radical (unpaired) electrons. The number of hydrogen-bond acceptors (Lipinski definition) is 5. The molecule has 0 aromatic heterocycles. The van der Waals surface area contributed by atoms with Crippen LogP contribution in [-0.4, -0.2) is 17.0 Å². The van der Waals surface area contributed by atoms with Crippen LogP contribution in [0.4, 0.5) is 5.69 Å². The van der Waals surface area contributed by atoms with Crippen molar-refractivity contribution in [1.82, 2.24) is 5.43 Å². The zero-order valence-corrected chi connectivity index (χ0v) is 19.3. The third-order valence-electron chi connectivity index (χ3n) is 4.18. The Hall–Kier alpha value is -3.04. The molecule has 0 heterocycles. The van der Waals surface area contributed by atoms with Crippen molar-refractivity contribution in [3.8, 4) is 5.75 Å². The van der Waals surface area contributed by atoms with Gasteiger partial charge in [0, 0.05) is 16.6 Å². The minimum atomic E-state index is -0.440. The van der Waals surface area contributed by atoms with Gasteiger partial charge in [0.05, 0.1) is 22.0 Å². The lowest BCUT2D eigenvalue weighted by Gasteiger charge is -2.09. The molecule has 3 aromatic carbocycles. The highest BCUT2D eigenvalue weighted by Crippen LogP contribution is 2.26. The highest BCUT2D eigenvalue weighted by Gasteiger charge is 2.06. The van der Waals surface area contributed by atoms with E-state index in [-0.39, 0.29) is 24.6 Å². The van der Waals surface area contributed by atoms with Gasteiger partial charge >= 0.3 is 0 Å². The van der Waals surface area contributed by atoms with Crippen LogP contribution in [0.5, 0.6) is 5.75 Å². The van der Waals surface area contributed by atoms with E-state index < -0.39 is 4.92 Å². The number of ether oxygens (including phenoxy) is 1. The van der Waals surface area contributed by atoms with E-state index in [9.17, 15) is 14.9 Å². The van der Waals surface area contributed by atoms with Gasteiger partial charge < -0.3 is 4.74 Å². The fourth-order valence-corrected chi connectivity index (χ4v) is 3.37. The first-order valence-corrected chi connectivity index (χ1v) is 10.7. The van der Waals surface area contributed by atoms with Gasteiger partial charge in [-0.05, 0) is 75.1 Å². The van der Waals surface area contributed by atoms with Crippen LogP contribution in [0.2, 0.25) is 0 Å². The summed E-state index contributed by atoms with van der Waals surface area (Å²) >= 11 is 6.82. The van der Waals surface area contributed by atoms with E-state index in [1.807, 2.05) is 30.3 Å². The number of hydrogen-bond donors (Lipinski definition) is 1. The molecule has 158 valence electrons. The lowest BCUT2D eigenvalue weighted by atomic mass is 10.1. The quantitative estimate of drug-likeness (QED) is 0.233. The Bertz CT molecular complexity index is 1100. The molecule has 9 heteroatoms. The van der Waals surface area contributed by atoms with Crippen molar-refractivity contribution >= 4 is 49.7 Å². The van der Waals surface area contributed by atoms with E-state index in [2.05, 4.69) is 42.4 Å². The summed E-state index contributed by atoms with van der Waals surface area (Å²) in [7, 11) is 0. The summed E-state index contributed by atoms with van der Waals surface area (Å²) in [6.45, 7) is 0.274. The average Bonchev–Trinajstić information content (AvgIpc) is 2.75. The first kappa shape index (κ1) is 22.6. The number of amides is 1. The second-order valence-electron chi connectivity index (χ2n) is 6.50. The standard InChI is InChI=1S/C22H17Br2N3O4/c23-18-6-1-15(2-7-18)12-22(28)26-25-13-17-5-10-21(20(24)11-17)31-14-16-3-8-19(9-4-16)27(29)30/h1-11,13H,12,14H2,(H,26,28)/b25-13-.